The second-order valence-electron chi connectivity index (χ2n) is 5.02. The number of carboxylic acid groups (broad SMARTS) is 1. The van der Waals surface area contributed by atoms with E-state index < -0.39 is 17.4 Å². The number of carbonyl (C=O) groups excluding carboxylic acids is 1. The van der Waals surface area contributed by atoms with Crippen LogP contribution in [0.5, 0.6) is 0 Å². The Kier molecular flexibility index (Phi) is 5.30. The molecule has 0 spiro atoms. The molecular weight excluding hydrogens is 260 g/mol. The summed E-state index contributed by atoms with van der Waals surface area (Å²) in [6, 6.07) is 1.93. The van der Waals surface area contributed by atoms with Crippen LogP contribution in [0.1, 0.15) is 45.9 Å². The molecular formula is C14H22N2O4. The highest BCUT2D eigenvalue weighted by atomic mass is 16.5. The van der Waals surface area contributed by atoms with Crippen LogP contribution in [0, 0.1) is 5.41 Å². The third kappa shape index (κ3) is 3.18. The number of nitrogens with zero attached hydrogens (tertiary/aromatic N) is 2. The molecule has 112 valence electrons. The molecule has 0 aliphatic rings. The first-order valence-corrected chi connectivity index (χ1v) is 6.82. The summed E-state index contributed by atoms with van der Waals surface area (Å²) >= 11 is 0. The predicted molar refractivity (Wildman–Crippen MR) is 73.3 cm³/mol. The molecule has 0 saturated carbocycles. The smallest absolute Gasteiger partial charge is 0.323 e. The predicted octanol–water partition coefficient (Wildman–Crippen LogP) is 2.05. The van der Waals surface area contributed by atoms with Crippen molar-refractivity contribution in [1.82, 2.24) is 9.78 Å². The normalized spacial score (nSPS) is 14.1. The van der Waals surface area contributed by atoms with Gasteiger partial charge in [0.1, 0.15) is 0 Å². The molecule has 0 fully saturated rings. The van der Waals surface area contributed by atoms with E-state index in [-0.39, 0.29) is 25.5 Å². The van der Waals surface area contributed by atoms with Gasteiger partial charge in [-0.1, -0.05) is 6.92 Å². The summed E-state index contributed by atoms with van der Waals surface area (Å²) in [6.07, 6.45) is 1.99. The van der Waals surface area contributed by atoms with Crippen molar-refractivity contribution in [3.63, 3.8) is 0 Å². The number of carboxylic acids is 1. The third-order valence-electron chi connectivity index (χ3n) is 3.35. The Morgan fingerprint density at radius 2 is 2.10 bits per heavy atom. The third-order valence-corrected chi connectivity index (χ3v) is 3.35. The van der Waals surface area contributed by atoms with Crippen molar-refractivity contribution in [2.75, 3.05) is 6.61 Å². The summed E-state index contributed by atoms with van der Waals surface area (Å²) in [5.74, 6) is -1.87. The standard InChI is InChI=1S/C14H22N2O4/c1-5-14(12(17)18,13(19)20-6-2)9-11-7-8-16(15-11)10(3)4/h7-8,10H,5-6,9H2,1-4H3,(H,17,18). The van der Waals surface area contributed by atoms with Crippen molar-refractivity contribution in [2.45, 2.75) is 46.6 Å². The molecule has 20 heavy (non-hydrogen) atoms. The maximum atomic E-state index is 12.0. The number of hydrogen-bond donors (Lipinski definition) is 1. The second-order valence-corrected chi connectivity index (χ2v) is 5.02. The summed E-state index contributed by atoms with van der Waals surface area (Å²) in [5, 5.41) is 13.8. The average molecular weight is 282 g/mol. The van der Waals surface area contributed by atoms with Crippen LogP contribution in [0.3, 0.4) is 0 Å². The summed E-state index contributed by atoms with van der Waals surface area (Å²) in [5.41, 5.74) is -0.984. The maximum absolute atomic E-state index is 12.0. The van der Waals surface area contributed by atoms with E-state index in [1.165, 1.54) is 0 Å². The van der Waals surface area contributed by atoms with Crippen molar-refractivity contribution in [3.8, 4) is 0 Å². The SMILES string of the molecule is CCOC(=O)C(CC)(Cc1ccn(C(C)C)n1)C(=O)O. The van der Waals surface area contributed by atoms with Crippen LogP contribution in [0.4, 0.5) is 0 Å². The van der Waals surface area contributed by atoms with Gasteiger partial charge in [0.25, 0.3) is 0 Å². The maximum Gasteiger partial charge on any atom is 0.323 e. The van der Waals surface area contributed by atoms with Crippen LogP contribution in [0.15, 0.2) is 12.3 Å². The molecule has 1 heterocycles. The van der Waals surface area contributed by atoms with E-state index in [9.17, 15) is 14.7 Å². The molecule has 0 saturated heterocycles. The van der Waals surface area contributed by atoms with Crippen molar-refractivity contribution < 1.29 is 19.4 Å². The minimum atomic E-state index is -1.56. The zero-order valence-corrected chi connectivity index (χ0v) is 12.4. The van der Waals surface area contributed by atoms with Gasteiger partial charge in [-0.15, -0.1) is 0 Å². The number of aromatic nitrogens is 2. The van der Waals surface area contributed by atoms with Crippen LogP contribution in [0.25, 0.3) is 0 Å². The molecule has 0 aliphatic carbocycles. The monoisotopic (exact) mass is 282 g/mol. The summed E-state index contributed by atoms with van der Waals surface area (Å²) in [4.78, 5) is 23.6. The van der Waals surface area contributed by atoms with Gasteiger partial charge >= 0.3 is 11.9 Å². The molecule has 0 aliphatic heterocycles. The number of hydrogen-bond acceptors (Lipinski definition) is 4. The summed E-state index contributed by atoms with van der Waals surface area (Å²) in [6.45, 7) is 7.45. The Morgan fingerprint density at radius 1 is 1.45 bits per heavy atom. The van der Waals surface area contributed by atoms with Crippen molar-refractivity contribution in [2.24, 2.45) is 5.41 Å². The highest BCUT2D eigenvalue weighted by Crippen LogP contribution is 2.29. The fraction of sp³-hybridized carbons (Fsp3) is 0.643. The summed E-state index contributed by atoms with van der Waals surface area (Å²) < 4.78 is 6.67. The lowest BCUT2D eigenvalue weighted by Crippen LogP contribution is -2.42. The van der Waals surface area contributed by atoms with Gasteiger partial charge in [0.05, 0.1) is 12.3 Å². The first-order valence-electron chi connectivity index (χ1n) is 6.82. The van der Waals surface area contributed by atoms with Crippen LogP contribution < -0.4 is 0 Å². The van der Waals surface area contributed by atoms with Gasteiger partial charge in [0.2, 0.25) is 0 Å². The quantitative estimate of drug-likeness (QED) is 0.611. The van der Waals surface area contributed by atoms with Crippen LogP contribution in [-0.4, -0.2) is 33.4 Å². The fourth-order valence-corrected chi connectivity index (χ4v) is 1.99. The number of aliphatic carboxylic acids is 1. The lowest BCUT2D eigenvalue weighted by molar-refractivity contribution is -0.169. The molecule has 1 aromatic rings. The highest BCUT2D eigenvalue weighted by molar-refractivity contribution is 5.99. The molecule has 6 heteroatoms. The van der Waals surface area contributed by atoms with E-state index in [2.05, 4.69) is 5.10 Å². The van der Waals surface area contributed by atoms with Gasteiger partial charge in [0, 0.05) is 18.7 Å². The first-order chi connectivity index (χ1) is 9.37. The Balaban J connectivity index is 3.05. The van der Waals surface area contributed by atoms with Crippen LogP contribution in [0.2, 0.25) is 0 Å². The minimum absolute atomic E-state index is 0.0391. The number of esters is 1. The Hall–Kier alpha value is -1.85. The van der Waals surface area contributed by atoms with E-state index in [4.69, 9.17) is 4.74 Å². The van der Waals surface area contributed by atoms with Crippen molar-refractivity contribution in [3.05, 3.63) is 18.0 Å². The number of rotatable bonds is 7. The topological polar surface area (TPSA) is 81.4 Å². The lowest BCUT2D eigenvalue weighted by Gasteiger charge is -2.24. The van der Waals surface area contributed by atoms with E-state index in [1.807, 2.05) is 13.8 Å². The van der Waals surface area contributed by atoms with Gasteiger partial charge in [-0.25, -0.2) is 0 Å². The van der Waals surface area contributed by atoms with Crippen LogP contribution >= 0.6 is 0 Å². The molecule has 0 radical (unpaired) electrons. The highest BCUT2D eigenvalue weighted by Gasteiger charge is 2.46. The van der Waals surface area contributed by atoms with E-state index in [0.717, 1.165) is 0 Å². The molecule has 0 amide bonds. The van der Waals surface area contributed by atoms with Gasteiger partial charge in [-0.05, 0) is 33.3 Å². The van der Waals surface area contributed by atoms with E-state index in [0.29, 0.717) is 5.69 Å². The molecule has 1 unspecified atom stereocenters. The van der Waals surface area contributed by atoms with Gasteiger partial charge < -0.3 is 9.84 Å². The molecule has 1 atom stereocenters. The first kappa shape index (κ1) is 16.2. The van der Waals surface area contributed by atoms with Gasteiger partial charge in [-0.2, -0.15) is 5.10 Å². The molecule has 1 N–H and O–H groups in total. The zero-order valence-electron chi connectivity index (χ0n) is 12.4. The van der Waals surface area contributed by atoms with E-state index >= 15 is 0 Å². The molecule has 1 aromatic heterocycles. The zero-order chi connectivity index (χ0) is 15.3. The Bertz CT molecular complexity index is 481. The Morgan fingerprint density at radius 3 is 2.50 bits per heavy atom. The second kappa shape index (κ2) is 6.54. The van der Waals surface area contributed by atoms with E-state index in [1.54, 1.807) is 30.8 Å². The average Bonchev–Trinajstić information content (AvgIpc) is 2.84. The molecule has 6 nitrogen and oxygen atoms in total. The van der Waals surface area contributed by atoms with Crippen molar-refractivity contribution >= 4 is 11.9 Å². The van der Waals surface area contributed by atoms with Crippen molar-refractivity contribution in [1.29, 1.82) is 0 Å². The largest absolute Gasteiger partial charge is 0.480 e. The van der Waals surface area contributed by atoms with Crippen LogP contribution in [-0.2, 0) is 20.7 Å². The fourth-order valence-electron chi connectivity index (χ4n) is 1.99. The number of carbonyl (C=O) groups is 2. The molecule has 0 bridgehead atoms. The van der Waals surface area contributed by atoms with Gasteiger partial charge in [-0.3, -0.25) is 14.3 Å². The molecule has 1 rings (SSSR count). The Labute approximate surface area is 118 Å². The number of ether oxygens (including phenoxy) is 1. The molecule has 0 aromatic carbocycles. The van der Waals surface area contributed by atoms with Gasteiger partial charge in [0.15, 0.2) is 5.41 Å². The lowest BCUT2D eigenvalue weighted by atomic mass is 9.80. The minimum Gasteiger partial charge on any atom is -0.480 e. The summed E-state index contributed by atoms with van der Waals surface area (Å²) in [7, 11) is 0.